The summed E-state index contributed by atoms with van der Waals surface area (Å²) in [4.78, 5) is 0. The molecule has 4 heterocycles. The third-order valence-corrected chi connectivity index (χ3v) is 5.41. The first-order valence-corrected chi connectivity index (χ1v) is 8.38. The van der Waals surface area contributed by atoms with Crippen LogP contribution in [0.25, 0.3) is 0 Å². The van der Waals surface area contributed by atoms with E-state index in [1.165, 1.54) is 65.0 Å². The van der Waals surface area contributed by atoms with Gasteiger partial charge in [0.2, 0.25) is 0 Å². The third kappa shape index (κ3) is 5.18. The largest absolute Gasteiger partial charge is 1.00 e. The van der Waals surface area contributed by atoms with E-state index < -0.39 is 0 Å². The molecule has 8 heteroatoms. The van der Waals surface area contributed by atoms with Gasteiger partial charge >= 0.3 is 0 Å². The molecule has 0 aliphatic carbocycles. The highest BCUT2D eigenvalue weighted by Gasteiger charge is 2.36. The van der Waals surface area contributed by atoms with Gasteiger partial charge in [-0.3, -0.25) is 10.6 Å². The van der Waals surface area contributed by atoms with Crippen molar-refractivity contribution in [2.45, 2.75) is 36.8 Å². The summed E-state index contributed by atoms with van der Waals surface area (Å²) in [6, 6.07) is 0. The Morgan fingerprint density at radius 3 is 1.23 bits per heavy atom. The summed E-state index contributed by atoms with van der Waals surface area (Å²) >= 11 is 0. The van der Waals surface area contributed by atoms with Crippen LogP contribution in [0, 0.1) is 0 Å². The lowest BCUT2D eigenvalue weighted by Crippen LogP contribution is -3.00. The zero-order chi connectivity index (χ0) is 13.7. The number of rotatable bonds is 0. The summed E-state index contributed by atoms with van der Waals surface area (Å²) in [5, 5.41) is 18.6. The smallest absolute Gasteiger partial charge is 0.0773 e. The van der Waals surface area contributed by atoms with Crippen LogP contribution in [0.5, 0.6) is 0 Å². The van der Waals surface area contributed by atoms with E-state index in [-0.39, 0.29) is 24.8 Å². The van der Waals surface area contributed by atoms with Gasteiger partial charge in [-0.05, 0) is 0 Å². The summed E-state index contributed by atoms with van der Waals surface area (Å²) in [6.45, 7) is 9.59. The minimum absolute atomic E-state index is 0. The van der Waals surface area contributed by atoms with Crippen molar-refractivity contribution in [3.8, 4) is 0 Å². The van der Waals surface area contributed by atoms with Crippen LogP contribution in [0.3, 0.4) is 0 Å². The molecule has 22 heavy (non-hydrogen) atoms. The predicted molar refractivity (Wildman–Crippen MR) is 79.3 cm³/mol. The monoisotopic (exact) mass is 354 g/mol. The van der Waals surface area contributed by atoms with Gasteiger partial charge < -0.3 is 46.1 Å². The molecule has 6 nitrogen and oxygen atoms in total. The van der Waals surface area contributed by atoms with Gasteiger partial charge in [0, 0.05) is 63.2 Å². The Kier molecular flexibility index (Phi) is 8.89. The second kappa shape index (κ2) is 9.59. The normalized spacial score (nSPS) is 28.4. The Hall–Kier alpha value is 0.340. The number of nitrogens with two attached hydrogens (primary N) is 2. The summed E-state index contributed by atoms with van der Waals surface area (Å²) in [6.07, 6.45) is 5.33. The SMILES string of the molecule is C1NCC2(CC[NH2+]CC2)N1.C1NCC2(CC[NH2+]CC2)N1.[Cl-].[Cl-]. The molecular weight excluding hydrogens is 323 g/mol. The van der Waals surface area contributed by atoms with Crippen molar-refractivity contribution in [2.24, 2.45) is 0 Å². The molecule has 4 aliphatic rings. The third-order valence-electron chi connectivity index (χ3n) is 5.41. The Balaban J connectivity index is 0.000000202. The van der Waals surface area contributed by atoms with E-state index in [0.29, 0.717) is 11.1 Å². The molecule has 0 aromatic carbocycles. The number of piperidine rings is 2. The van der Waals surface area contributed by atoms with E-state index in [4.69, 9.17) is 0 Å². The van der Waals surface area contributed by atoms with Crippen LogP contribution in [0.2, 0.25) is 0 Å². The molecule has 0 unspecified atom stereocenters. The van der Waals surface area contributed by atoms with Crippen molar-refractivity contribution >= 4 is 0 Å². The average Bonchev–Trinajstić information content (AvgIpc) is 3.12. The van der Waals surface area contributed by atoms with E-state index in [9.17, 15) is 0 Å². The maximum Gasteiger partial charge on any atom is 0.0773 e. The summed E-state index contributed by atoms with van der Waals surface area (Å²) in [7, 11) is 0. The quantitative estimate of drug-likeness (QED) is 0.261. The van der Waals surface area contributed by atoms with Gasteiger partial charge in [0.05, 0.1) is 26.2 Å². The van der Waals surface area contributed by atoms with E-state index >= 15 is 0 Å². The van der Waals surface area contributed by atoms with E-state index in [2.05, 4.69) is 31.9 Å². The van der Waals surface area contributed by atoms with Gasteiger partial charge in [0.1, 0.15) is 0 Å². The Morgan fingerprint density at radius 1 is 0.591 bits per heavy atom. The molecule has 2 spiro atoms. The molecule has 0 aromatic rings. The highest BCUT2D eigenvalue weighted by atomic mass is 35.5. The van der Waals surface area contributed by atoms with Gasteiger partial charge in [-0.25, -0.2) is 0 Å². The summed E-state index contributed by atoms with van der Waals surface area (Å²) in [5.74, 6) is 0. The van der Waals surface area contributed by atoms with Crippen LogP contribution in [0.15, 0.2) is 0 Å². The van der Waals surface area contributed by atoms with E-state index in [0.717, 1.165) is 13.3 Å². The van der Waals surface area contributed by atoms with Crippen molar-refractivity contribution in [1.82, 2.24) is 21.3 Å². The van der Waals surface area contributed by atoms with Crippen LogP contribution in [0.1, 0.15) is 25.7 Å². The lowest BCUT2D eigenvalue weighted by atomic mass is 9.90. The molecule has 0 amide bonds. The minimum Gasteiger partial charge on any atom is -1.00 e. The zero-order valence-electron chi connectivity index (χ0n) is 13.4. The standard InChI is InChI=1S/2C7H15N3.2ClH/c2*1-3-8-4-2-7(1)5-9-6-10-7;;/h2*8-10H,1-6H2;2*1H. The van der Waals surface area contributed by atoms with Crippen LogP contribution < -0.4 is 56.7 Å². The van der Waals surface area contributed by atoms with Crippen molar-refractivity contribution < 1.29 is 35.4 Å². The highest BCUT2D eigenvalue weighted by molar-refractivity contribution is 4.95. The van der Waals surface area contributed by atoms with Gasteiger partial charge in [-0.1, -0.05) is 0 Å². The van der Waals surface area contributed by atoms with Crippen LogP contribution in [0.4, 0.5) is 0 Å². The van der Waals surface area contributed by atoms with Crippen LogP contribution in [-0.2, 0) is 0 Å². The molecule has 0 bridgehead atoms. The Morgan fingerprint density at radius 2 is 0.955 bits per heavy atom. The maximum atomic E-state index is 3.54. The fourth-order valence-corrected chi connectivity index (χ4v) is 3.99. The molecule has 0 atom stereocenters. The molecule has 4 fully saturated rings. The van der Waals surface area contributed by atoms with E-state index in [1.807, 2.05) is 0 Å². The summed E-state index contributed by atoms with van der Waals surface area (Å²) < 4.78 is 0. The zero-order valence-corrected chi connectivity index (χ0v) is 14.9. The number of nitrogens with one attached hydrogen (secondary N) is 4. The number of halogens is 2. The molecule has 4 rings (SSSR count). The van der Waals surface area contributed by atoms with Gasteiger partial charge in [0.15, 0.2) is 0 Å². The van der Waals surface area contributed by atoms with Crippen molar-refractivity contribution in [3.63, 3.8) is 0 Å². The average molecular weight is 355 g/mol. The molecule has 4 saturated heterocycles. The highest BCUT2D eigenvalue weighted by Crippen LogP contribution is 2.17. The Bertz CT molecular complexity index is 260. The summed E-state index contributed by atoms with van der Waals surface area (Å²) in [5.41, 5.74) is 0.962. The molecule has 0 aromatic heterocycles. The molecule has 0 saturated carbocycles. The Labute approximate surface area is 146 Å². The first-order valence-electron chi connectivity index (χ1n) is 8.38. The minimum atomic E-state index is 0. The maximum absolute atomic E-state index is 3.54. The topological polar surface area (TPSA) is 81.3 Å². The lowest BCUT2D eigenvalue weighted by Gasteiger charge is -2.30. The number of quaternary nitrogens is 2. The van der Waals surface area contributed by atoms with Crippen LogP contribution in [-0.4, -0.2) is 63.7 Å². The van der Waals surface area contributed by atoms with Gasteiger partial charge in [-0.15, -0.1) is 0 Å². The number of hydrogen-bond acceptors (Lipinski definition) is 4. The van der Waals surface area contributed by atoms with Crippen molar-refractivity contribution in [2.75, 3.05) is 52.6 Å². The second-order valence-electron chi connectivity index (χ2n) is 6.85. The number of hydrogen-bond donors (Lipinski definition) is 6. The first-order chi connectivity index (χ1) is 9.83. The van der Waals surface area contributed by atoms with Crippen molar-refractivity contribution in [1.29, 1.82) is 0 Å². The van der Waals surface area contributed by atoms with Gasteiger partial charge in [-0.2, -0.15) is 0 Å². The van der Waals surface area contributed by atoms with Crippen LogP contribution >= 0.6 is 0 Å². The molecule has 8 N–H and O–H groups in total. The fourth-order valence-electron chi connectivity index (χ4n) is 3.99. The predicted octanol–water partition coefficient (Wildman–Crippen LogP) is -9.53. The molecule has 0 radical (unpaired) electrons. The fraction of sp³-hybridized carbons (Fsp3) is 1.00. The molecule has 132 valence electrons. The first kappa shape index (κ1) is 20.4. The van der Waals surface area contributed by atoms with Crippen molar-refractivity contribution in [3.05, 3.63) is 0 Å². The lowest BCUT2D eigenvalue weighted by molar-refractivity contribution is -0.665. The second-order valence-corrected chi connectivity index (χ2v) is 6.85. The van der Waals surface area contributed by atoms with E-state index in [1.54, 1.807) is 0 Å². The van der Waals surface area contributed by atoms with Gasteiger partial charge in [0.25, 0.3) is 0 Å². The molecular formula is C14H32Cl2N6. The molecule has 4 aliphatic heterocycles.